The molecule has 43 heavy (non-hydrogen) atoms. The third-order valence-electron chi connectivity index (χ3n) is 7.87. The maximum atomic E-state index is 12.7. The zero-order valence-corrected chi connectivity index (χ0v) is 26.1. The molecule has 1 fully saturated rings. The lowest BCUT2D eigenvalue weighted by Crippen LogP contribution is -2.42. The van der Waals surface area contributed by atoms with Crippen molar-refractivity contribution in [1.29, 1.82) is 0 Å². The predicted molar refractivity (Wildman–Crippen MR) is 167 cm³/mol. The van der Waals surface area contributed by atoms with E-state index >= 15 is 0 Å². The monoisotopic (exact) mass is 589 g/mol. The van der Waals surface area contributed by atoms with Gasteiger partial charge in [0.1, 0.15) is 23.8 Å². The fraction of sp³-hybridized carbons (Fsp3) is 0.471. The van der Waals surface area contributed by atoms with Crippen LogP contribution >= 0.6 is 0 Å². The van der Waals surface area contributed by atoms with Crippen LogP contribution in [0.2, 0.25) is 0 Å². The van der Waals surface area contributed by atoms with Crippen LogP contribution in [0.3, 0.4) is 0 Å². The van der Waals surface area contributed by atoms with Crippen LogP contribution in [0.5, 0.6) is 23.0 Å². The molecule has 5 rings (SSSR count). The minimum absolute atomic E-state index is 0.212. The van der Waals surface area contributed by atoms with Crippen LogP contribution in [0, 0.1) is 5.92 Å². The standard InChI is InChI=1S/C34H43N3O6/c1-34(2,3)43-33(38)36-15-9-11-23(21-36)12-10-16-37-28-18-25-14-8-7-13-24(25)17-27(28)35-31(37)22-42-26-19-29(39-4)32(41-6)30(20-26)40-5/h7-8,13-14,17-20,23H,9-12,15-16,21-22H2,1-6H3. The lowest BCUT2D eigenvalue weighted by atomic mass is 9.93. The second-order valence-electron chi connectivity index (χ2n) is 12.1. The number of methoxy groups -OCH3 is 3. The van der Waals surface area contributed by atoms with E-state index in [1.165, 1.54) is 5.39 Å². The largest absolute Gasteiger partial charge is 0.493 e. The second kappa shape index (κ2) is 13.0. The van der Waals surface area contributed by atoms with Gasteiger partial charge in [-0.3, -0.25) is 0 Å². The molecule has 0 spiro atoms. The molecule has 1 unspecified atom stereocenters. The number of ether oxygens (including phenoxy) is 5. The van der Waals surface area contributed by atoms with Gasteiger partial charge in [-0.05, 0) is 75.3 Å². The average molecular weight is 590 g/mol. The van der Waals surface area contributed by atoms with Gasteiger partial charge in [0.15, 0.2) is 11.5 Å². The van der Waals surface area contributed by atoms with Crippen LogP contribution in [-0.2, 0) is 17.9 Å². The molecule has 9 nitrogen and oxygen atoms in total. The van der Waals surface area contributed by atoms with E-state index in [4.69, 9.17) is 28.7 Å². The van der Waals surface area contributed by atoms with E-state index in [2.05, 4.69) is 34.9 Å². The molecule has 0 radical (unpaired) electrons. The maximum Gasteiger partial charge on any atom is 0.410 e. The van der Waals surface area contributed by atoms with Gasteiger partial charge in [0.05, 0.1) is 32.4 Å². The van der Waals surface area contributed by atoms with Crippen LogP contribution < -0.4 is 18.9 Å². The molecule has 230 valence electrons. The first kappa shape index (κ1) is 30.3. The second-order valence-corrected chi connectivity index (χ2v) is 12.1. The SMILES string of the molecule is COc1cc(OCc2nc3cc4ccccc4cc3n2CCCC2CCCN(C(=O)OC(C)(C)C)C2)cc(OC)c1OC. The third kappa shape index (κ3) is 7.09. The molecule has 9 heteroatoms. The van der Waals surface area contributed by atoms with Crippen molar-refractivity contribution in [2.45, 2.75) is 65.2 Å². The molecule has 1 atom stereocenters. The minimum atomic E-state index is -0.489. The molecule has 1 amide bonds. The van der Waals surface area contributed by atoms with Crippen LogP contribution in [0.25, 0.3) is 21.8 Å². The van der Waals surface area contributed by atoms with E-state index in [0.717, 1.165) is 67.6 Å². The number of rotatable bonds is 10. The smallest absolute Gasteiger partial charge is 0.410 e. The van der Waals surface area contributed by atoms with E-state index in [0.29, 0.717) is 28.9 Å². The molecule has 1 aliphatic heterocycles. The Labute approximate surface area is 253 Å². The van der Waals surface area contributed by atoms with Gasteiger partial charge < -0.3 is 33.2 Å². The molecule has 0 saturated carbocycles. The van der Waals surface area contributed by atoms with Crippen molar-refractivity contribution >= 4 is 27.9 Å². The van der Waals surface area contributed by atoms with Gasteiger partial charge in [0.2, 0.25) is 5.75 Å². The Balaban J connectivity index is 1.35. The number of hydrogen-bond donors (Lipinski definition) is 0. The average Bonchev–Trinajstić information content (AvgIpc) is 3.33. The molecule has 0 bridgehead atoms. The summed E-state index contributed by atoms with van der Waals surface area (Å²) in [5.74, 6) is 3.47. The molecule has 2 heterocycles. The number of benzene rings is 3. The highest BCUT2D eigenvalue weighted by Crippen LogP contribution is 2.41. The molecule has 1 saturated heterocycles. The minimum Gasteiger partial charge on any atom is -0.493 e. The number of hydrogen-bond acceptors (Lipinski definition) is 7. The molecule has 1 aliphatic rings. The van der Waals surface area contributed by atoms with Crippen molar-refractivity contribution in [1.82, 2.24) is 14.5 Å². The quantitative estimate of drug-likeness (QED) is 0.193. The molecule has 0 aliphatic carbocycles. The van der Waals surface area contributed by atoms with Crippen molar-refractivity contribution in [2.75, 3.05) is 34.4 Å². The summed E-state index contributed by atoms with van der Waals surface area (Å²) in [6.07, 6.45) is 3.88. The van der Waals surface area contributed by atoms with E-state index in [1.807, 2.05) is 31.7 Å². The van der Waals surface area contributed by atoms with Crippen LogP contribution in [0.4, 0.5) is 4.79 Å². The molecule has 4 aromatic rings. The van der Waals surface area contributed by atoms with Crippen LogP contribution in [0.1, 0.15) is 52.3 Å². The molecular formula is C34H43N3O6. The Morgan fingerprint density at radius 2 is 1.67 bits per heavy atom. The van der Waals surface area contributed by atoms with Gasteiger partial charge in [-0.15, -0.1) is 0 Å². The summed E-state index contributed by atoms with van der Waals surface area (Å²) in [4.78, 5) is 19.6. The van der Waals surface area contributed by atoms with E-state index in [9.17, 15) is 4.79 Å². The van der Waals surface area contributed by atoms with Crippen molar-refractivity contribution in [2.24, 2.45) is 5.92 Å². The normalized spacial score (nSPS) is 15.5. The summed E-state index contributed by atoms with van der Waals surface area (Å²) in [5.41, 5.74) is 1.54. The number of amides is 1. The van der Waals surface area contributed by atoms with Crippen molar-refractivity contribution in [3.8, 4) is 23.0 Å². The molecule has 3 aromatic carbocycles. The zero-order valence-electron chi connectivity index (χ0n) is 26.1. The number of nitrogens with zero attached hydrogens (tertiary/aromatic N) is 3. The van der Waals surface area contributed by atoms with Gasteiger partial charge in [-0.25, -0.2) is 9.78 Å². The highest BCUT2D eigenvalue weighted by molar-refractivity contribution is 5.95. The van der Waals surface area contributed by atoms with Crippen LogP contribution in [-0.4, -0.2) is 60.6 Å². The number of carbonyl (C=O) groups excluding carboxylic acids is 1. The van der Waals surface area contributed by atoms with E-state index < -0.39 is 5.60 Å². The maximum absolute atomic E-state index is 12.7. The zero-order chi connectivity index (χ0) is 30.6. The Kier molecular flexibility index (Phi) is 9.18. The number of likely N-dealkylation sites (tertiary alicyclic amines) is 1. The lowest BCUT2D eigenvalue weighted by Gasteiger charge is -2.34. The number of carbonyl (C=O) groups is 1. The third-order valence-corrected chi connectivity index (χ3v) is 7.87. The Bertz CT molecular complexity index is 1550. The first-order chi connectivity index (χ1) is 20.7. The molecule has 0 N–H and O–H groups in total. The predicted octanol–water partition coefficient (Wildman–Crippen LogP) is 7.22. The fourth-order valence-electron chi connectivity index (χ4n) is 5.84. The van der Waals surface area contributed by atoms with Gasteiger partial charge in [0, 0.05) is 31.8 Å². The number of fused-ring (bicyclic) bond motifs is 2. The van der Waals surface area contributed by atoms with Gasteiger partial charge in [-0.2, -0.15) is 0 Å². The Morgan fingerprint density at radius 3 is 2.33 bits per heavy atom. The van der Waals surface area contributed by atoms with Crippen LogP contribution in [0.15, 0.2) is 48.5 Å². The number of imidazole rings is 1. The van der Waals surface area contributed by atoms with E-state index in [1.54, 1.807) is 33.5 Å². The topological polar surface area (TPSA) is 84.3 Å². The summed E-state index contributed by atoms with van der Waals surface area (Å²) < 4.78 is 30.6. The van der Waals surface area contributed by atoms with E-state index in [-0.39, 0.29) is 12.7 Å². The summed E-state index contributed by atoms with van der Waals surface area (Å²) in [6.45, 7) is 8.30. The Hall–Kier alpha value is -4.14. The number of aryl methyl sites for hydroxylation is 1. The fourth-order valence-corrected chi connectivity index (χ4v) is 5.84. The lowest BCUT2D eigenvalue weighted by molar-refractivity contribution is 0.0160. The van der Waals surface area contributed by atoms with Crippen molar-refractivity contribution < 1.29 is 28.5 Å². The first-order valence-electron chi connectivity index (χ1n) is 15.0. The summed E-state index contributed by atoms with van der Waals surface area (Å²) in [7, 11) is 4.75. The highest BCUT2D eigenvalue weighted by Gasteiger charge is 2.27. The highest BCUT2D eigenvalue weighted by atomic mass is 16.6. The number of aromatic nitrogens is 2. The number of piperidine rings is 1. The van der Waals surface area contributed by atoms with Gasteiger partial charge in [0.25, 0.3) is 0 Å². The summed E-state index contributed by atoms with van der Waals surface area (Å²) in [5, 5.41) is 2.33. The van der Waals surface area contributed by atoms with Gasteiger partial charge >= 0.3 is 6.09 Å². The molecule has 1 aromatic heterocycles. The van der Waals surface area contributed by atoms with Crippen molar-refractivity contribution in [3.05, 3.63) is 54.4 Å². The van der Waals surface area contributed by atoms with Gasteiger partial charge in [-0.1, -0.05) is 24.3 Å². The van der Waals surface area contributed by atoms with Crippen molar-refractivity contribution in [3.63, 3.8) is 0 Å². The summed E-state index contributed by atoms with van der Waals surface area (Å²) in [6, 6.07) is 16.3. The summed E-state index contributed by atoms with van der Waals surface area (Å²) >= 11 is 0. The Morgan fingerprint density at radius 1 is 0.977 bits per heavy atom. The first-order valence-corrected chi connectivity index (χ1v) is 15.0. The molecular weight excluding hydrogens is 546 g/mol.